The molecule has 4 heteroatoms. The van der Waals surface area contributed by atoms with Crippen molar-refractivity contribution in [1.29, 1.82) is 0 Å². The fourth-order valence-corrected chi connectivity index (χ4v) is 1.93. The van der Waals surface area contributed by atoms with Gasteiger partial charge in [-0.25, -0.2) is 0 Å². The normalized spacial score (nSPS) is 11.6. The number of rotatable bonds is 6. The van der Waals surface area contributed by atoms with Gasteiger partial charge in [0.1, 0.15) is 0 Å². The minimum absolute atomic E-state index is 0.235. The number of hydrogen-bond acceptors (Lipinski definition) is 4. The second kappa shape index (κ2) is 5.87. The molecule has 0 aliphatic carbocycles. The zero-order chi connectivity index (χ0) is 12.9. The highest BCUT2D eigenvalue weighted by Gasteiger charge is 2.18. The van der Waals surface area contributed by atoms with Crippen molar-refractivity contribution >= 4 is 11.4 Å². The maximum absolute atomic E-state index is 4.18. The Bertz CT molecular complexity index is 347. The Morgan fingerprint density at radius 3 is 2.47 bits per heavy atom. The second-order valence-electron chi connectivity index (χ2n) is 5.47. The van der Waals surface area contributed by atoms with Gasteiger partial charge in [0.05, 0.1) is 23.8 Å². The molecule has 0 amide bonds. The highest BCUT2D eigenvalue weighted by Crippen LogP contribution is 2.18. The zero-order valence-electron chi connectivity index (χ0n) is 11.5. The number of anilines is 2. The molecule has 0 saturated carbocycles. The summed E-state index contributed by atoms with van der Waals surface area (Å²) in [7, 11) is 6.10. The van der Waals surface area contributed by atoms with Gasteiger partial charge < -0.3 is 15.5 Å². The van der Waals surface area contributed by atoms with Crippen LogP contribution in [0.4, 0.5) is 11.4 Å². The maximum Gasteiger partial charge on any atom is 0.0547 e. The summed E-state index contributed by atoms with van der Waals surface area (Å²) in [5.74, 6) is 0. The molecule has 0 aliphatic rings. The van der Waals surface area contributed by atoms with Crippen LogP contribution in [-0.4, -0.2) is 44.1 Å². The van der Waals surface area contributed by atoms with Gasteiger partial charge in [-0.15, -0.1) is 0 Å². The van der Waals surface area contributed by atoms with Gasteiger partial charge in [0.2, 0.25) is 0 Å². The summed E-state index contributed by atoms with van der Waals surface area (Å²) in [5.41, 5.74) is 2.32. The highest BCUT2D eigenvalue weighted by molar-refractivity contribution is 5.53. The monoisotopic (exact) mass is 236 g/mol. The van der Waals surface area contributed by atoms with E-state index in [9.17, 15) is 0 Å². The van der Waals surface area contributed by atoms with E-state index < -0.39 is 0 Å². The van der Waals surface area contributed by atoms with Gasteiger partial charge in [-0.1, -0.05) is 13.8 Å². The molecule has 1 rings (SSSR count). The molecule has 0 aromatic carbocycles. The van der Waals surface area contributed by atoms with E-state index in [0.717, 1.165) is 24.5 Å². The van der Waals surface area contributed by atoms with Crippen LogP contribution in [0.3, 0.4) is 0 Å². The first kappa shape index (κ1) is 13.8. The third kappa shape index (κ3) is 5.04. The van der Waals surface area contributed by atoms with Gasteiger partial charge in [0, 0.05) is 20.1 Å². The summed E-state index contributed by atoms with van der Waals surface area (Å²) in [6.45, 7) is 6.50. The van der Waals surface area contributed by atoms with E-state index in [0.29, 0.717) is 0 Å². The number of nitrogens with one attached hydrogen (secondary N) is 2. The fraction of sp³-hybridized carbons (Fsp3) is 0.615. The van der Waals surface area contributed by atoms with E-state index in [4.69, 9.17) is 0 Å². The Morgan fingerprint density at radius 2 is 1.88 bits per heavy atom. The number of nitrogens with zero attached hydrogens (tertiary/aromatic N) is 2. The SMILES string of the molecule is CNc1cncc(NCC(C)(C)CN(C)C)c1. The van der Waals surface area contributed by atoms with Crippen molar-refractivity contribution in [2.24, 2.45) is 5.41 Å². The Balaban J connectivity index is 2.54. The quantitative estimate of drug-likeness (QED) is 0.794. The molecule has 17 heavy (non-hydrogen) atoms. The largest absolute Gasteiger partial charge is 0.387 e. The van der Waals surface area contributed by atoms with Crippen molar-refractivity contribution in [1.82, 2.24) is 9.88 Å². The molecule has 0 atom stereocenters. The van der Waals surface area contributed by atoms with Gasteiger partial charge in [-0.3, -0.25) is 4.98 Å². The summed E-state index contributed by atoms with van der Waals surface area (Å²) in [4.78, 5) is 6.39. The Kier molecular flexibility index (Phi) is 4.75. The molecule has 0 bridgehead atoms. The molecule has 0 saturated heterocycles. The molecule has 0 radical (unpaired) electrons. The second-order valence-corrected chi connectivity index (χ2v) is 5.47. The third-order valence-electron chi connectivity index (χ3n) is 2.54. The molecule has 1 heterocycles. The first-order valence-corrected chi connectivity index (χ1v) is 5.94. The average Bonchev–Trinajstić information content (AvgIpc) is 2.25. The summed E-state index contributed by atoms with van der Waals surface area (Å²) in [5, 5.41) is 6.52. The maximum atomic E-state index is 4.18. The van der Waals surface area contributed by atoms with Crippen molar-refractivity contribution in [2.75, 3.05) is 44.9 Å². The first-order valence-electron chi connectivity index (χ1n) is 5.94. The van der Waals surface area contributed by atoms with Crippen LogP contribution in [0.1, 0.15) is 13.8 Å². The Morgan fingerprint density at radius 1 is 1.24 bits per heavy atom. The van der Waals surface area contributed by atoms with Crippen LogP contribution in [0.5, 0.6) is 0 Å². The fourth-order valence-electron chi connectivity index (χ4n) is 1.93. The number of hydrogen-bond donors (Lipinski definition) is 2. The van der Waals surface area contributed by atoms with E-state index in [1.807, 2.05) is 19.4 Å². The molecule has 0 unspecified atom stereocenters. The highest BCUT2D eigenvalue weighted by atomic mass is 15.1. The molecule has 0 spiro atoms. The van der Waals surface area contributed by atoms with Gasteiger partial charge in [0.15, 0.2) is 0 Å². The van der Waals surface area contributed by atoms with Crippen molar-refractivity contribution < 1.29 is 0 Å². The van der Waals surface area contributed by atoms with E-state index in [1.165, 1.54) is 0 Å². The molecule has 1 aromatic heterocycles. The van der Waals surface area contributed by atoms with E-state index in [-0.39, 0.29) is 5.41 Å². The topological polar surface area (TPSA) is 40.2 Å². The van der Waals surface area contributed by atoms with Crippen molar-refractivity contribution in [2.45, 2.75) is 13.8 Å². The molecule has 96 valence electrons. The molecule has 0 fully saturated rings. The van der Waals surface area contributed by atoms with Gasteiger partial charge >= 0.3 is 0 Å². The molecular weight excluding hydrogens is 212 g/mol. The van der Waals surface area contributed by atoms with Crippen LogP contribution in [0.2, 0.25) is 0 Å². The van der Waals surface area contributed by atoms with Crippen LogP contribution in [0, 0.1) is 5.41 Å². The molecule has 4 nitrogen and oxygen atoms in total. The van der Waals surface area contributed by atoms with Gasteiger partial charge in [0.25, 0.3) is 0 Å². The Hall–Kier alpha value is -1.29. The number of pyridine rings is 1. The van der Waals surface area contributed by atoms with Crippen molar-refractivity contribution in [3.8, 4) is 0 Å². The van der Waals surface area contributed by atoms with E-state index in [1.54, 1.807) is 0 Å². The smallest absolute Gasteiger partial charge is 0.0547 e. The molecule has 0 aliphatic heterocycles. The summed E-state index contributed by atoms with van der Waals surface area (Å²) in [6.07, 6.45) is 3.67. The van der Waals surface area contributed by atoms with Crippen LogP contribution >= 0.6 is 0 Å². The summed E-state index contributed by atoms with van der Waals surface area (Å²) < 4.78 is 0. The molecular formula is C13H24N4. The lowest BCUT2D eigenvalue weighted by Gasteiger charge is -2.28. The first-order chi connectivity index (χ1) is 7.93. The van der Waals surface area contributed by atoms with Crippen LogP contribution in [0.25, 0.3) is 0 Å². The van der Waals surface area contributed by atoms with Crippen molar-refractivity contribution in [3.05, 3.63) is 18.5 Å². The van der Waals surface area contributed by atoms with Crippen LogP contribution in [-0.2, 0) is 0 Å². The minimum atomic E-state index is 0.235. The standard InChI is InChI=1S/C13H24N4/c1-13(2,10-17(4)5)9-16-12-6-11(14-3)7-15-8-12/h6-8,14,16H,9-10H2,1-5H3. The van der Waals surface area contributed by atoms with Gasteiger partial charge in [-0.2, -0.15) is 0 Å². The molecule has 1 aromatic rings. The summed E-state index contributed by atoms with van der Waals surface area (Å²) in [6, 6.07) is 2.07. The van der Waals surface area contributed by atoms with E-state index in [2.05, 4.69) is 54.5 Å². The lowest BCUT2D eigenvalue weighted by Crippen LogP contribution is -2.34. The predicted octanol–water partition coefficient (Wildman–Crippen LogP) is 2.12. The Labute approximate surface area is 104 Å². The van der Waals surface area contributed by atoms with Crippen LogP contribution < -0.4 is 10.6 Å². The lowest BCUT2D eigenvalue weighted by molar-refractivity contribution is 0.254. The minimum Gasteiger partial charge on any atom is -0.387 e. The lowest BCUT2D eigenvalue weighted by atomic mass is 9.93. The average molecular weight is 236 g/mol. The van der Waals surface area contributed by atoms with Crippen molar-refractivity contribution in [3.63, 3.8) is 0 Å². The third-order valence-corrected chi connectivity index (χ3v) is 2.54. The summed E-state index contributed by atoms with van der Waals surface area (Å²) >= 11 is 0. The van der Waals surface area contributed by atoms with E-state index >= 15 is 0 Å². The van der Waals surface area contributed by atoms with Crippen LogP contribution in [0.15, 0.2) is 18.5 Å². The predicted molar refractivity (Wildman–Crippen MR) is 74.6 cm³/mol. The zero-order valence-corrected chi connectivity index (χ0v) is 11.5. The number of aromatic nitrogens is 1. The van der Waals surface area contributed by atoms with Gasteiger partial charge in [-0.05, 0) is 25.6 Å². The molecule has 2 N–H and O–H groups in total.